The summed E-state index contributed by atoms with van der Waals surface area (Å²) in [5.41, 5.74) is -4.65. The second-order valence-electron chi connectivity index (χ2n) is 8.86. The molecular weight excluding hydrogens is 545 g/mol. The molecule has 0 radical (unpaired) electrons. The zero-order chi connectivity index (χ0) is 26.5. The van der Waals surface area contributed by atoms with Crippen LogP contribution in [0.5, 0.6) is 0 Å². The van der Waals surface area contributed by atoms with Crippen molar-refractivity contribution < 1.29 is 22.4 Å². The lowest BCUT2D eigenvalue weighted by molar-refractivity contribution is -0.275. The van der Waals surface area contributed by atoms with Crippen LogP contribution in [0.2, 0.25) is 15.1 Å². The molecule has 0 saturated carbocycles. The molecule has 0 amide bonds. The van der Waals surface area contributed by atoms with Gasteiger partial charge in [-0.05, 0) is 24.3 Å². The second-order valence-corrected chi connectivity index (χ2v) is 10.1. The Hall–Kier alpha value is -2.61. The van der Waals surface area contributed by atoms with E-state index < -0.39 is 23.9 Å². The van der Waals surface area contributed by atoms with Crippen molar-refractivity contribution >= 4 is 46.4 Å². The van der Waals surface area contributed by atoms with Crippen molar-refractivity contribution in [3.05, 3.63) is 62.4 Å². The molecule has 2 aromatic rings. The number of aromatic nitrogens is 1. The summed E-state index contributed by atoms with van der Waals surface area (Å²) in [4.78, 5) is 14.5. The molecule has 1 aromatic carbocycles. The number of amidine groups is 1. The Bertz CT molecular complexity index is 1260. The first-order valence-electron chi connectivity index (χ1n) is 10.7. The monoisotopic (exact) mass is 561 g/mol. The Morgan fingerprint density at radius 2 is 1.83 bits per heavy atom. The summed E-state index contributed by atoms with van der Waals surface area (Å²) in [7, 11) is 0. The smallest absolute Gasteiger partial charge is 0.374 e. The molecule has 1 fully saturated rings. The van der Waals surface area contributed by atoms with E-state index in [9.17, 15) is 13.2 Å². The molecule has 0 aliphatic carbocycles. The van der Waals surface area contributed by atoms with Crippen molar-refractivity contribution in [2.24, 2.45) is 16.1 Å². The van der Waals surface area contributed by atoms with Crippen molar-refractivity contribution in [3.63, 3.8) is 0 Å². The molecule has 13 heteroatoms. The van der Waals surface area contributed by atoms with Crippen LogP contribution in [0, 0.1) is 17.4 Å². The zero-order valence-electron chi connectivity index (χ0n) is 18.9. The average molecular weight is 563 g/mol. The highest BCUT2D eigenvalue weighted by Gasteiger charge is 2.62. The third-order valence-electron chi connectivity index (χ3n) is 6.08. The van der Waals surface area contributed by atoms with Gasteiger partial charge < -0.3 is 9.74 Å². The van der Waals surface area contributed by atoms with Gasteiger partial charge in [0.2, 0.25) is 6.19 Å². The van der Waals surface area contributed by atoms with Gasteiger partial charge in [0.15, 0.2) is 5.67 Å². The van der Waals surface area contributed by atoms with Crippen LogP contribution in [-0.2, 0) is 16.1 Å². The maximum Gasteiger partial charge on any atom is 0.435 e. The SMILES string of the molecule is CC(C)C(=NC#N)N1CC(F)(c2ccc(C3=NOC(c4cc(Cl)c(Cl)c(Cl)c4)(C(F)(F)F)C3)cn2)C1. The van der Waals surface area contributed by atoms with E-state index in [0.717, 1.165) is 12.1 Å². The highest BCUT2D eigenvalue weighted by Crippen LogP contribution is 2.50. The normalized spacial score (nSPS) is 21.6. The van der Waals surface area contributed by atoms with Gasteiger partial charge in [0, 0.05) is 23.2 Å². The minimum atomic E-state index is -4.87. The minimum Gasteiger partial charge on any atom is -0.374 e. The van der Waals surface area contributed by atoms with Crippen molar-refractivity contribution in [1.29, 1.82) is 5.26 Å². The largest absolute Gasteiger partial charge is 0.435 e. The molecule has 3 heterocycles. The van der Waals surface area contributed by atoms with Crippen LogP contribution < -0.4 is 0 Å². The number of oxime groups is 1. The van der Waals surface area contributed by atoms with Crippen LogP contribution in [0.4, 0.5) is 17.6 Å². The van der Waals surface area contributed by atoms with E-state index in [4.69, 9.17) is 44.9 Å². The molecule has 2 aliphatic heterocycles. The predicted octanol–water partition coefficient (Wildman–Crippen LogP) is 6.64. The molecular formula is C23H18Cl3F4N5O. The number of alkyl halides is 4. The quantitative estimate of drug-likeness (QED) is 0.138. The van der Waals surface area contributed by atoms with Gasteiger partial charge in [0.05, 0.1) is 46.0 Å². The van der Waals surface area contributed by atoms with Gasteiger partial charge >= 0.3 is 6.18 Å². The molecule has 0 N–H and O–H groups in total. The fourth-order valence-corrected chi connectivity index (χ4v) is 4.77. The molecule has 190 valence electrons. The Morgan fingerprint density at radius 3 is 2.33 bits per heavy atom. The van der Waals surface area contributed by atoms with E-state index in [0.29, 0.717) is 5.84 Å². The summed E-state index contributed by atoms with van der Waals surface area (Å²) in [5.74, 6) is 0.412. The van der Waals surface area contributed by atoms with Gasteiger partial charge in [-0.3, -0.25) is 4.98 Å². The molecule has 1 atom stereocenters. The highest BCUT2D eigenvalue weighted by molar-refractivity contribution is 6.48. The van der Waals surface area contributed by atoms with Gasteiger partial charge in [0.1, 0.15) is 5.84 Å². The Morgan fingerprint density at radius 1 is 1.19 bits per heavy atom. The number of benzene rings is 1. The summed E-state index contributed by atoms with van der Waals surface area (Å²) < 4.78 is 58.1. The standard InChI is InChI=1S/C23H18Cl3F4N5O/c1-12(2)20(33-11-31)35-9-21(27,10-35)18-4-3-13(8-32-18)17-7-22(36-34-17,23(28,29)30)14-5-15(24)19(26)16(25)6-14/h3-6,8,12H,7,9-10H2,1-2H3. The Balaban J connectivity index is 1.55. The van der Waals surface area contributed by atoms with Crippen LogP contribution in [0.3, 0.4) is 0 Å². The van der Waals surface area contributed by atoms with Gasteiger partial charge in [-0.1, -0.05) is 53.8 Å². The maximum atomic E-state index is 15.4. The number of likely N-dealkylation sites (tertiary alicyclic amines) is 1. The topological polar surface area (TPSA) is 73.9 Å². The summed E-state index contributed by atoms with van der Waals surface area (Å²) in [6, 6.07) is 4.92. The first-order valence-corrected chi connectivity index (χ1v) is 11.8. The van der Waals surface area contributed by atoms with Gasteiger partial charge in [-0.25, -0.2) is 4.39 Å². The number of hydrogen-bond acceptors (Lipinski definition) is 5. The number of rotatable bonds is 4. The zero-order valence-corrected chi connectivity index (χ0v) is 21.1. The van der Waals surface area contributed by atoms with Gasteiger partial charge in [-0.15, -0.1) is 0 Å². The van der Waals surface area contributed by atoms with Crippen LogP contribution in [0.15, 0.2) is 40.6 Å². The molecule has 36 heavy (non-hydrogen) atoms. The molecule has 2 aliphatic rings. The number of hydrogen-bond donors (Lipinski definition) is 0. The molecule has 1 unspecified atom stereocenters. The number of pyridine rings is 1. The fourth-order valence-electron chi connectivity index (χ4n) is 4.18. The van der Waals surface area contributed by atoms with Crippen molar-refractivity contribution in [2.45, 2.75) is 37.7 Å². The van der Waals surface area contributed by atoms with Crippen LogP contribution in [0.25, 0.3) is 0 Å². The number of nitriles is 1. The summed E-state index contributed by atoms with van der Waals surface area (Å²) in [6.07, 6.45) is -2.57. The molecule has 0 bridgehead atoms. The molecule has 4 rings (SSSR count). The first-order chi connectivity index (χ1) is 16.8. The lowest BCUT2D eigenvalue weighted by atomic mass is 9.86. The van der Waals surface area contributed by atoms with Crippen LogP contribution in [-0.4, -0.2) is 40.7 Å². The fraction of sp³-hybridized carbons (Fsp3) is 0.391. The van der Waals surface area contributed by atoms with E-state index in [1.165, 1.54) is 18.3 Å². The second kappa shape index (κ2) is 9.36. The maximum absolute atomic E-state index is 15.4. The molecule has 1 aromatic heterocycles. The number of nitrogens with zero attached hydrogens (tertiary/aromatic N) is 5. The van der Waals surface area contributed by atoms with Gasteiger partial charge in [-0.2, -0.15) is 23.4 Å². The third kappa shape index (κ3) is 4.49. The Kier molecular flexibility index (Phi) is 6.88. The van der Waals surface area contributed by atoms with Crippen molar-refractivity contribution in [3.8, 4) is 6.19 Å². The summed E-state index contributed by atoms with van der Waals surface area (Å²) >= 11 is 17.8. The van der Waals surface area contributed by atoms with Crippen LogP contribution in [0.1, 0.15) is 37.1 Å². The lowest BCUT2D eigenvalue weighted by Gasteiger charge is -2.46. The van der Waals surface area contributed by atoms with E-state index in [1.807, 2.05) is 13.8 Å². The van der Waals surface area contributed by atoms with Crippen molar-refractivity contribution in [1.82, 2.24) is 9.88 Å². The summed E-state index contributed by atoms with van der Waals surface area (Å²) in [6.45, 7) is 3.60. The third-order valence-corrected chi connectivity index (χ3v) is 7.28. The van der Waals surface area contributed by atoms with E-state index in [1.54, 1.807) is 11.1 Å². The number of aliphatic imine (C=N–C) groups is 1. The molecule has 1 saturated heterocycles. The summed E-state index contributed by atoms with van der Waals surface area (Å²) in [5, 5.41) is 12.1. The molecule has 6 nitrogen and oxygen atoms in total. The first kappa shape index (κ1) is 26.5. The Labute approximate surface area is 219 Å². The van der Waals surface area contributed by atoms with E-state index in [2.05, 4.69) is 15.1 Å². The van der Waals surface area contributed by atoms with Crippen molar-refractivity contribution in [2.75, 3.05) is 13.1 Å². The van der Waals surface area contributed by atoms with E-state index in [-0.39, 0.29) is 56.6 Å². The predicted molar refractivity (Wildman–Crippen MR) is 128 cm³/mol. The number of halogens is 7. The average Bonchev–Trinajstić information content (AvgIpc) is 3.26. The highest BCUT2D eigenvalue weighted by atomic mass is 35.5. The lowest BCUT2D eigenvalue weighted by Crippen LogP contribution is -2.60. The molecule has 0 spiro atoms. The minimum absolute atomic E-state index is 0.0278. The van der Waals surface area contributed by atoms with E-state index >= 15 is 4.39 Å². The van der Waals surface area contributed by atoms with Gasteiger partial charge in [0.25, 0.3) is 5.60 Å². The van der Waals surface area contributed by atoms with Crippen LogP contribution >= 0.6 is 34.8 Å².